The topological polar surface area (TPSA) is 130 Å². The first kappa shape index (κ1) is 35.8. The second-order valence-electron chi connectivity index (χ2n) is 13.7. The van der Waals surface area contributed by atoms with E-state index in [1.165, 1.54) is 46.9 Å². The first-order valence-electron chi connectivity index (χ1n) is 17.1. The molecule has 3 aromatic rings. The largest absolute Gasteiger partial charge is 0.482 e. The summed E-state index contributed by atoms with van der Waals surface area (Å²) in [7, 11) is -3.97. The third-order valence-electron chi connectivity index (χ3n) is 10.5. The van der Waals surface area contributed by atoms with E-state index in [1.54, 1.807) is 12.1 Å². The number of allylic oxidation sites excluding steroid dienone is 4. The number of rotatable bonds is 11. The van der Waals surface area contributed by atoms with E-state index in [9.17, 15) is 31.2 Å². The molecule has 274 valence electrons. The number of aromatic nitrogens is 1. The van der Waals surface area contributed by atoms with Crippen LogP contribution in [0.1, 0.15) is 49.1 Å². The van der Waals surface area contributed by atoms with Gasteiger partial charge in [0.2, 0.25) is 15.9 Å². The van der Waals surface area contributed by atoms with Gasteiger partial charge in [0.1, 0.15) is 29.0 Å². The van der Waals surface area contributed by atoms with Gasteiger partial charge in [-0.15, -0.1) is 0 Å². The van der Waals surface area contributed by atoms with Crippen LogP contribution in [0.25, 0.3) is 0 Å². The van der Waals surface area contributed by atoms with Crippen LogP contribution < -0.4 is 20.7 Å². The van der Waals surface area contributed by atoms with Crippen LogP contribution in [0.2, 0.25) is 0 Å². The number of nitrogens with zero attached hydrogens (tertiary/aromatic N) is 2. The SMILES string of the molecule is O=C1COc2ccc(S(=O)(=O)N3CCNC[C@@H]3CCCc3c(F)cncc3NC(=O)C[C@@H](c3ccc(F)cc3)C34CC=C(F)C=C(F)C3C4)cc2N1. The average Bonchev–Trinajstić information content (AvgIpc) is 3.88. The average molecular weight is 740 g/mol. The van der Waals surface area contributed by atoms with Gasteiger partial charge in [0.05, 0.1) is 28.7 Å². The third-order valence-corrected chi connectivity index (χ3v) is 12.4. The monoisotopic (exact) mass is 739 g/mol. The Balaban J connectivity index is 1.05. The van der Waals surface area contributed by atoms with Gasteiger partial charge in [0.25, 0.3) is 5.91 Å². The molecular formula is C37H37F4N5O5S. The molecule has 2 aliphatic heterocycles. The summed E-state index contributed by atoms with van der Waals surface area (Å²) in [6.45, 7) is 0.858. The van der Waals surface area contributed by atoms with Gasteiger partial charge in [-0.1, -0.05) is 12.1 Å². The summed E-state index contributed by atoms with van der Waals surface area (Å²) in [5, 5.41) is 8.63. The van der Waals surface area contributed by atoms with Crippen molar-refractivity contribution in [1.82, 2.24) is 14.6 Å². The predicted molar refractivity (Wildman–Crippen MR) is 184 cm³/mol. The van der Waals surface area contributed by atoms with Crippen molar-refractivity contribution in [2.75, 3.05) is 36.9 Å². The Morgan fingerprint density at radius 3 is 2.73 bits per heavy atom. The Morgan fingerprint density at radius 2 is 1.92 bits per heavy atom. The number of pyridine rings is 1. The molecule has 3 N–H and O–H groups in total. The van der Waals surface area contributed by atoms with Crippen molar-refractivity contribution < 1.29 is 40.3 Å². The van der Waals surface area contributed by atoms with E-state index in [2.05, 4.69) is 20.9 Å². The number of hydrogen-bond acceptors (Lipinski definition) is 7. The molecule has 10 nitrogen and oxygen atoms in total. The van der Waals surface area contributed by atoms with Crippen LogP contribution in [0.3, 0.4) is 0 Å². The smallest absolute Gasteiger partial charge is 0.262 e. The molecule has 1 saturated heterocycles. The maximum Gasteiger partial charge on any atom is 0.262 e. The molecule has 2 aliphatic carbocycles. The Labute approximate surface area is 298 Å². The second-order valence-corrected chi connectivity index (χ2v) is 15.6. The van der Waals surface area contributed by atoms with Crippen molar-refractivity contribution >= 4 is 33.2 Å². The van der Waals surface area contributed by atoms with Gasteiger partial charge < -0.3 is 20.7 Å². The number of nitrogens with one attached hydrogen (secondary N) is 3. The first-order chi connectivity index (χ1) is 24.9. The van der Waals surface area contributed by atoms with Gasteiger partial charge in [-0.3, -0.25) is 14.6 Å². The maximum atomic E-state index is 15.3. The Morgan fingerprint density at radius 1 is 1.12 bits per heavy atom. The van der Waals surface area contributed by atoms with Crippen LogP contribution in [0.5, 0.6) is 5.75 Å². The summed E-state index contributed by atoms with van der Waals surface area (Å²) in [6, 6.07) is 9.47. The van der Waals surface area contributed by atoms with E-state index >= 15 is 4.39 Å². The van der Waals surface area contributed by atoms with Crippen LogP contribution >= 0.6 is 0 Å². The van der Waals surface area contributed by atoms with E-state index < -0.39 is 62.5 Å². The number of amides is 2. The summed E-state index contributed by atoms with van der Waals surface area (Å²) in [4.78, 5) is 29.4. The molecule has 4 aliphatic rings. The molecule has 2 aromatic carbocycles. The molecule has 15 heteroatoms. The first-order valence-corrected chi connectivity index (χ1v) is 18.6. The fourth-order valence-electron chi connectivity index (χ4n) is 7.76. The van der Waals surface area contributed by atoms with Crippen molar-refractivity contribution in [1.29, 1.82) is 0 Å². The summed E-state index contributed by atoms with van der Waals surface area (Å²) < 4.78 is 92.6. The molecular weight excluding hydrogens is 702 g/mol. The van der Waals surface area contributed by atoms with E-state index in [0.29, 0.717) is 43.7 Å². The zero-order valence-electron chi connectivity index (χ0n) is 28.0. The van der Waals surface area contributed by atoms with E-state index in [4.69, 9.17) is 4.74 Å². The lowest BCUT2D eigenvalue weighted by Gasteiger charge is -2.35. The lowest BCUT2D eigenvalue weighted by molar-refractivity contribution is -0.119. The fraction of sp³-hybridized carbons (Fsp3) is 0.378. The highest BCUT2D eigenvalue weighted by Gasteiger charge is 2.61. The van der Waals surface area contributed by atoms with E-state index in [-0.39, 0.29) is 60.2 Å². The number of sulfonamides is 1. The van der Waals surface area contributed by atoms with Crippen LogP contribution in [0.4, 0.5) is 28.9 Å². The minimum atomic E-state index is -3.97. The molecule has 0 spiro atoms. The zero-order chi connectivity index (χ0) is 36.6. The van der Waals surface area contributed by atoms with Crippen LogP contribution in [-0.4, -0.2) is 61.8 Å². The highest BCUT2D eigenvalue weighted by molar-refractivity contribution is 7.89. The second kappa shape index (κ2) is 14.4. The van der Waals surface area contributed by atoms with Crippen LogP contribution in [0.15, 0.2) is 83.6 Å². The number of carbonyl (C=O) groups excluding carboxylic acids is 2. The number of hydrogen-bond donors (Lipinski definition) is 3. The van der Waals surface area contributed by atoms with Gasteiger partial charge in [-0.05, 0) is 85.4 Å². The fourth-order valence-corrected chi connectivity index (χ4v) is 9.44. The zero-order valence-corrected chi connectivity index (χ0v) is 28.8. The number of benzene rings is 2. The normalized spacial score (nSPS) is 23.5. The molecule has 0 bridgehead atoms. The molecule has 7 rings (SSSR count). The molecule has 52 heavy (non-hydrogen) atoms. The summed E-state index contributed by atoms with van der Waals surface area (Å²) in [6.07, 6.45) is 5.87. The van der Waals surface area contributed by atoms with Gasteiger partial charge in [-0.25, -0.2) is 26.0 Å². The molecule has 4 atom stereocenters. The number of piperazine rings is 1. The summed E-state index contributed by atoms with van der Waals surface area (Å²) in [5.41, 5.74) is 0.440. The van der Waals surface area contributed by atoms with Crippen molar-refractivity contribution in [3.05, 3.63) is 101 Å². The lowest BCUT2D eigenvalue weighted by atomic mass is 9.77. The maximum absolute atomic E-state index is 15.3. The van der Waals surface area contributed by atoms with Gasteiger partial charge in [0.15, 0.2) is 6.61 Å². The van der Waals surface area contributed by atoms with Gasteiger partial charge >= 0.3 is 0 Å². The van der Waals surface area contributed by atoms with Gasteiger partial charge in [-0.2, -0.15) is 4.31 Å². The number of halogens is 4. The highest BCUT2D eigenvalue weighted by atomic mass is 32.2. The Kier molecular flexibility index (Phi) is 9.93. The standard InChI is InChI=1S/C37H37F4N5O5S/c38-23-6-4-22(5-7-23)28(37-11-10-24(39)14-30(40)29(37)17-37)16-35(47)45-33-20-43-19-31(41)27(33)3-1-2-25-18-42-12-13-46(25)52(49,50)26-8-9-34-32(15-26)44-36(48)21-51-34/h4-10,14-15,19-20,25,28-29,42H,1-3,11-13,16-18,21H2,(H,44,48)(H,45,47)/t25-,28-,29?,37?/m0/s1. The van der Waals surface area contributed by atoms with Crippen molar-refractivity contribution in [2.45, 2.75) is 55.4 Å². The summed E-state index contributed by atoms with van der Waals surface area (Å²) >= 11 is 0. The minimum absolute atomic E-state index is 0.00824. The van der Waals surface area contributed by atoms with E-state index in [1.807, 2.05) is 0 Å². The van der Waals surface area contributed by atoms with Crippen molar-refractivity contribution in [2.24, 2.45) is 11.3 Å². The molecule has 0 radical (unpaired) electrons. The summed E-state index contributed by atoms with van der Waals surface area (Å²) in [5.74, 6) is -4.08. The van der Waals surface area contributed by atoms with Crippen molar-refractivity contribution in [3.63, 3.8) is 0 Å². The lowest BCUT2D eigenvalue weighted by Crippen LogP contribution is -2.53. The Hall–Kier alpha value is -4.60. The number of anilines is 2. The third kappa shape index (κ3) is 7.21. The van der Waals surface area contributed by atoms with Crippen LogP contribution in [-0.2, 0) is 26.0 Å². The predicted octanol–water partition coefficient (Wildman–Crippen LogP) is 5.91. The minimum Gasteiger partial charge on any atom is -0.482 e. The molecule has 3 heterocycles. The molecule has 2 amide bonds. The number of fused-ring (bicyclic) bond motifs is 2. The molecule has 2 unspecified atom stereocenters. The molecule has 1 saturated carbocycles. The van der Waals surface area contributed by atoms with Crippen molar-refractivity contribution in [3.8, 4) is 5.75 Å². The molecule has 1 aromatic heterocycles. The van der Waals surface area contributed by atoms with Crippen LogP contribution in [0, 0.1) is 23.0 Å². The van der Waals surface area contributed by atoms with E-state index in [0.717, 1.165) is 12.3 Å². The highest BCUT2D eigenvalue weighted by Crippen LogP contribution is 2.68. The van der Waals surface area contributed by atoms with Gasteiger partial charge in [0, 0.05) is 49.7 Å². The number of ether oxygens (including phenoxy) is 1. The molecule has 2 fully saturated rings. The Bertz CT molecular complexity index is 2060. The number of carbonyl (C=O) groups is 2. The quantitative estimate of drug-likeness (QED) is 0.209.